The molecular formula is C19H31NO3. The number of rotatable bonds is 6. The van der Waals surface area contributed by atoms with Gasteiger partial charge in [-0.15, -0.1) is 0 Å². The van der Waals surface area contributed by atoms with Crippen LogP contribution in [0.5, 0.6) is 11.5 Å². The molecule has 2 N–H and O–H groups in total. The van der Waals surface area contributed by atoms with Crippen LogP contribution in [0, 0.1) is 0 Å². The largest absolute Gasteiger partial charge is 0.504 e. The average Bonchev–Trinajstić information content (AvgIpc) is 2.49. The molecule has 1 aliphatic rings. The molecule has 1 aliphatic carbocycles. The van der Waals surface area contributed by atoms with Gasteiger partial charge in [-0.2, -0.15) is 0 Å². The Labute approximate surface area is 140 Å². The van der Waals surface area contributed by atoms with Crippen molar-refractivity contribution in [2.24, 2.45) is 0 Å². The summed E-state index contributed by atoms with van der Waals surface area (Å²) >= 11 is 0. The van der Waals surface area contributed by atoms with Crippen molar-refractivity contribution in [2.45, 2.75) is 65.0 Å². The lowest BCUT2D eigenvalue weighted by Gasteiger charge is -2.36. The number of aromatic hydroxyl groups is 2. The molecule has 2 rings (SSSR count). The molecule has 4 nitrogen and oxygen atoms in total. The predicted octanol–water partition coefficient (Wildman–Crippen LogP) is 3.48. The van der Waals surface area contributed by atoms with E-state index >= 15 is 0 Å². The lowest BCUT2D eigenvalue weighted by Crippen LogP contribution is -2.42. The summed E-state index contributed by atoms with van der Waals surface area (Å²) in [4.78, 5) is 2.51. The standard InChI is InChI=1S/C19H31NO3/c1-5-10-20(11-12-23-19(2,3)4)15-7-8-16-14(13-15)6-9-17(21)18(16)22/h6,9,15,21-22H,5,7-8,10-13H2,1-4H3/t15-/m0/s1. The zero-order chi connectivity index (χ0) is 17.0. The number of nitrogens with zero attached hydrogens (tertiary/aromatic N) is 1. The van der Waals surface area contributed by atoms with Crippen LogP contribution in [0.1, 0.15) is 51.7 Å². The molecule has 0 saturated heterocycles. The molecule has 0 heterocycles. The van der Waals surface area contributed by atoms with E-state index in [2.05, 4.69) is 32.6 Å². The minimum absolute atomic E-state index is 0.00816. The minimum atomic E-state index is -0.0969. The number of ether oxygens (including phenoxy) is 1. The molecule has 0 unspecified atom stereocenters. The lowest BCUT2D eigenvalue weighted by molar-refractivity contribution is -0.0184. The summed E-state index contributed by atoms with van der Waals surface area (Å²) < 4.78 is 5.89. The van der Waals surface area contributed by atoms with Crippen LogP contribution >= 0.6 is 0 Å². The first-order chi connectivity index (χ1) is 10.8. The molecule has 0 aromatic heterocycles. The molecule has 0 spiro atoms. The maximum Gasteiger partial charge on any atom is 0.160 e. The number of phenolic OH excluding ortho intramolecular Hbond substituents is 2. The third-order valence-corrected chi connectivity index (χ3v) is 4.48. The highest BCUT2D eigenvalue weighted by Crippen LogP contribution is 2.36. The highest BCUT2D eigenvalue weighted by Gasteiger charge is 2.26. The van der Waals surface area contributed by atoms with E-state index in [0.29, 0.717) is 6.04 Å². The Balaban J connectivity index is 2.02. The molecule has 4 heteroatoms. The molecule has 1 aromatic carbocycles. The fourth-order valence-corrected chi connectivity index (χ4v) is 3.35. The average molecular weight is 321 g/mol. The van der Waals surface area contributed by atoms with Crippen molar-refractivity contribution in [3.63, 3.8) is 0 Å². The first kappa shape index (κ1) is 18.1. The molecule has 130 valence electrons. The Kier molecular flexibility index (Phi) is 5.93. The molecule has 0 bridgehead atoms. The van der Waals surface area contributed by atoms with Crippen LogP contribution in [-0.2, 0) is 17.6 Å². The number of benzene rings is 1. The van der Waals surface area contributed by atoms with Crippen LogP contribution in [-0.4, -0.2) is 46.5 Å². The third kappa shape index (κ3) is 4.85. The van der Waals surface area contributed by atoms with Gasteiger partial charge in [0.1, 0.15) is 0 Å². The summed E-state index contributed by atoms with van der Waals surface area (Å²) in [7, 11) is 0. The number of hydrogen-bond acceptors (Lipinski definition) is 4. The number of hydrogen-bond donors (Lipinski definition) is 2. The van der Waals surface area contributed by atoms with E-state index in [1.54, 1.807) is 6.07 Å². The fraction of sp³-hybridized carbons (Fsp3) is 0.684. The van der Waals surface area contributed by atoms with E-state index in [1.165, 1.54) is 0 Å². The summed E-state index contributed by atoms with van der Waals surface area (Å²) in [5.41, 5.74) is 1.98. The molecule has 23 heavy (non-hydrogen) atoms. The molecule has 0 fully saturated rings. The van der Waals surface area contributed by atoms with Crippen molar-refractivity contribution in [1.29, 1.82) is 0 Å². The van der Waals surface area contributed by atoms with Crippen LogP contribution in [0.2, 0.25) is 0 Å². The first-order valence-corrected chi connectivity index (χ1v) is 8.72. The summed E-state index contributed by atoms with van der Waals surface area (Å²) in [6.45, 7) is 11.2. The zero-order valence-corrected chi connectivity index (χ0v) is 14.9. The minimum Gasteiger partial charge on any atom is -0.504 e. The zero-order valence-electron chi connectivity index (χ0n) is 14.9. The Morgan fingerprint density at radius 1 is 1.22 bits per heavy atom. The van der Waals surface area contributed by atoms with E-state index in [9.17, 15) is 10.2 Å². The molecule has 1 aromatic rings. The van der Waals surface area contributed by atoms with Crippen molar-refractivity contribution in [3.05, 3.63) is 23.3 Å². The smallest absolute Gasteiger partial charge is 0.160 e. The van der Waals surface area contributed by atoms with E-state index in [-0.39, 0.29) is 17.1 Å². The topological polar surface area (TPSA) is 52.9 Å². The molecule has 0 amide bonds. The SMILES string of the molecule is CCCN(CCOC(C)(C)C)[C@H]1CCc2c(ccc(O)c2O)C1. The second-order valence-corrected chi connectivity index (χ2v) is 7.46. The van der Waals surface area contributed by atoms with Crippen LogP contribution in [0.3, 0.4) is 0 Å². The van der Waals surface area contributed by atoms with Gasteiger partial charge in [-0.3, -0.25) is 4.90 Å². The maximum absolute atomic E-state index is 10.0. The third-order valence-electron chi connectivity index (χ3n) is 4.48. The van der Waals surface area contributed by atoms with Gasteiger partial charge in [-0.05, 0) is 64.6 Å². The van der Waals surface area contributed by atoms with Crippen molar-refractivity contribution in [3.8, 4) is 11.5 Å². The van der Waals surface area contributed by atoms with E-state index in [0.717, 1.165) is 56.5 Å². The van der Waals surface area contributed by atoms with Crippen LogP contribution in [0.4, 0.5) is 0 Å². The lowest BCUT2D eigenvalue weighted by atomic mass is 9.86. The van der Waals surface area contributed by atoms with Gasteiger partial charge in [0.2, 0.25) is 0 Å². The van der Waals surface area contributed by atoms with Gasteiger partial charge < -0.3 is 14.9 Å². The van der Waals surface area contributed by atoms with Crippen molar-refractivity contribution in [2.75, 3.05) is 19.7 Å². The van der Waals surface area contributed by atoms with Gasteiger partial charge in [0.15, 0.2) is 11.5 Å². The van der Waals surface area contributed by atoms with Gasteiger partial charge >= 0.3 is 0 Å². The van der Waals surface area contributed by atoms with E-state index in [4.69, 9.17) is 4.74 Å². The Morgan fingerprint density at radius 3 is 2.61 bits per heavy atom. The second-order valence-electron chi connectivity index (χ2n) is 7.46. The summed E-state index contributed by atoms with van der Waals surface area (Å²) in [6, 6.07) is 4.03. The Bertz CT molecular complexity index is 522. The number of phenols is 2. The summed E-state index contributed by atoms with van der Waals surface area (Å²) in [5.74, 6) is 0.0604. The second kappa shape index (κ2) is 7.54. The normalized spacial score (nSPS) is 18.2. The van der Waals surface area contributed by atoms with Gasteiger partial charge in [0.25, 0.3) is 0 Å². The number of fused-ring (bicyclic) bond motifs is 1. The van der Waals surface area contributed by atoms with Crippen LogP contribution in [0.15, 0.2) is 12.1 Å². The van der Waals surface area contributed by atoms with E-state index < -0.39 is 0 Å². The fourth-order valence-electron chi connectivity index (χ4n) is 3.35. The van der Waals surface area contributed by atoms with Crippen molar-refractivity contribution < 1.29 is 14.9 Å². The molecule has 1 atom stereocenters. The Morgan fingerprint density at radius 2 is 1.96 bits per heavy atom. The van der Waals surface area contributed by atoms with E-state index in [1.807, 2.05) is 6.07 Å². The molecular weight excluding hydrogens is 290 g/mol. The quantitative estimate of drug-likeness (QED) is 0.788. The monoisotopic (exact) mass is 321 g/mol. The van der Waals surface area contributed by atoms with Gasteiger partial charge in [-0.1, -0.05) is 13.0 Å². The first-order valence-electron chi connectivity index (χ1n) is 8.72. The predicted molar refractivity (Wildman–Crippen MR) is 93.2 cm³/mol. The molecule has 0 aliphatic heterocycles. The van der Waals surface area contributed by atoms with Crippen LogP contribution < -0.4 is 0 Å². The van der Waals surface area contributed by atoms with Crippen molar-refractivity contribution >= 4 is 0 Å². The van der Waals surface area contributed by atoms with Gasteiger partial charge in [0.05, 0.1) is 12.2 Å². The molecule has 0 radical (unpaired) electrons. The van der Waals surface area contributed by atoms with Gasteiger partial charge in [0, 0.05) is 18.2 Å². The highest BCUT2D eigenvalue weighted by molar-refractivity contribution is 5.50. The highest BCUT2D eigenvalue weighted by atomic mass is 16.5. The van der Waals surface area contributed by atoms with Crippen LogP contribution in [0.25, 0.3) is 0 Å². The summed E-state index contributed by atoms with van der Waals surface area (Å²) in [6.07, 6.45) is 3.89. The maximum atomic E-state index is 10.0. The van der Waals surface area contributed by atoms with Crippen molar-refractivity contribution in [1.82, 2.24) is 4.90 Å². The summed E-state index contributed by atoms with van der Waals surface area (Å²) in [5, 5.41) is 19.7. The Hall–Kier alpha value is -1.26. The van der Waals surface area contributed by atoms with Gasteiger partial charge in [-0.25, -0.2) is 0 Å². The molecule has 0 saturated carbocycles.